The zero-order valence-corrected chi connectivity index (χ0v) is 21.4. The van der Waals surface area contributed by atoms with Gasteiger partial charge in [-0.25, -0.2) is 8.78 Å². The molecule has 0 saturated heterocycles. The van der Waals surface area contributed by atoms with Gasteiger partial charge in [0.05, 0.1) is 11.7 Å². The van der Waals surface area contributed by atoms with Gasteiger partial charge in [-0.1, -0.05) is 25.1 Å². The van der Waals surface area contributed by atoms with Crippen LogP contribution in [0.15, 0.2) is 24.3 Å². The van der Waals surface area contributed by atoms with E-state index in [1.807, 2.05) is 0 Å². The van der Waals surface area contributed by atoms with Crippen molar-refractivity contribution in [3.8, 4) is 0 Å². The molecule has 0 atom stereocenters. The molecular weight excluding hydrogens is 452 g/mol. The average molecular weight is 495 g/mol. The van der Waals surface area contributed by atoms with Crippen LogP contribution < -0.4 is 0 Å². The van der Waals surface area contributed by atoms with Gasteiger partial charge in [-0.05, 0) is 132 Å². The third kappa shape index (κ3) is 6.32. The second-order valence-electron chi connectivity index (χ2n) is 11.3. The van der Waals surface area contributed by atoms with Crippen molar-refractivity contribution in [2.24, 2.45) is 29.6 Å². The van der Waals surface area contributed by atoms with Gasteiger partial charge in [0.2, 0.25) is 0 Å². The highest BCUT2D eigenvalue weighted by molar-refractivity contribution is 5.28. The topological polar surface area (TPSA) is 9.23 Å². The van der Waals surface area contributed by atoms with E-state index >= 15 is 0 Å². The number of allylic oxidation sites excluding steroid dienone is 2. The van der Waals surface area contributed by atoms with Crippen LogP contribution in [0.1, 0.15) is 102 Å². The minimum Gasteiger partial charge on any atom is -0.313 e. The predicted octanol–water partition coefficient (Wildman–Crippen LogP) is 9.34. The van der Waals surface area contributed by atoms with E-state index in [1.165, 1.54) is 57.4 Å². The maximum Gasteiger partial charge on any atom is 0.386 e. The van der Waals surface area contributed by atoms with Gasteiger partial charge in [-0.3, -0.25) is 0 Å². The van der Waals surface area contributed by atoms with Crippen LogP contribution in [-0.2, 0) is 17.3 Å². The first-order valence-electron chi connectivity index (χ1n) is 14.0. The molecule has 0 spiro atoms. The quantitative estimate of drug-likeness (QED) is 0.271. The first-order valence-corrected chi connectivity index (χ1v) is 14.0. The van der Waals surface area contributed by atoms with Crippen LogP contribution in [0.4, 0.5) is 17.6 Å². The zero-order chi connectivity index (χ0) is 25.0. The summed E-state index contributed by atoms with van der Waals surface area (Å²) in [5.41, 5.74) is -0.897. The molecule has 3 saturated carbocycles. The van der Waals surface area contributed by atoms with Crippen LogP contribution in [0.3, 0.4) is 0 Å². The third-order valence-corrected chi connectivity index (χ3v) is 9.32. The Kier molecular flexibility index (Phi) is 8.99. The highest BCUT2D eigenvalue weighted by Gasteiger charge is 2.42. The molecule has 3 aliphatic carbocycles. The molecule has 196 valence electrons. The van der Waals surface area contributed by atoms with Crippen molar-refractivity contribution in [2.75, 3.05) is 0 Å². The van der Waals surface area contributed by atoms with Gasteiger partial charge < -0.3 is 4.74 Å². The summed E-state index contributed by atoms with van der Waals surface area (Å²) in [6.07, 6.45) is 13.8. The third-order valence-electron chi connectivity index (χ3n) is 9.32. The summed E-state index contributed by atoms with van der Waals surface area (Å²) < 4.78 is 62.9. The molecule has 0 amide bonds. The van der Waals surface area contributed by atoms with Gasteiger partial charge in [0.25, 0.3) is 0 Å². The fourth-order valence-electron chi connectivity index (χ4n) is 7.21. The second kappa shape index (κ2) is 11.8. The maximum absolute atomic E-state index is 14.7. The second-order valence-corrected chi connectivity index (χ2v) is 11.3. The number of halogens is 4. The lowest BCUT2D eigenvalue weighted by Crippen LogP contribution is -2.33. The molecule has 3 fully saturated rings. The van der Waals surface area contributed by atoms with Crippen LogP contribution in [-0.4, -0.2) is 6.10 Å². The normalized spacial score (nSPS) is 32.7. The minimum atomic E-state index is -3.82. The Morgan fingerprint density at radius 3 is 1.74 bits per heavy atom. The lowest BCUT2D eigenvalue weighted by molar-refractivity contribution is -0.280. The number of ether oxygens (including phenoxy) is 1. The fourth-order valence-corrected chi connectivity index (χ4v) is 7.21. The van der Waals surface area contributed by atoms with Gasteiger partial charge in [0, 0.05) is 0 Å². The zero-order valence-electron chi connectivity index (χ0n) is 21.4. The number of rotatable bonds is 7. The molecule has 0 aromatic heterocycles. The molecule has 1 aromatic carbocycles. The Labute approximate surface area is 208 Å². The van der Waals surface area contributed by atoms with Crippen LogP contribution in [0.5, 0.6) is 0 Å². The summed E-state index contributed by atoms with van der Waals surface area (Å²) in [5.74, 6) is 1.12. The molecule has 0 heterocycles. The Morgan fingerprint density at radius 1 is 0.771 bits per heavy atom. The van der Waals surface area contributed by atoms with Crippen molar-refractivity contribution in [2.45, 2.75) is 110 Å². The standard InChI is InChI=1S/C30H42F4O/c1-3-5-20-6-8-22(9-7-20)23-10-12-24(13-11-23)25-14-17-26(18-15-25)35-30(33,34)27-19-16-21(4-2)28(31)29(27)32/h3,5,16,19-20,22-26H,4,6-15,17-18H2,1-2H3/b5-3+. The molecule has 1 aromatic rings. The SMILES string of the molecule is C/C=C/C1CCC(C2CCC(C3CCC(OC(F)(F)c4ccc(CC)c(F)c4F)CC3)CC2)CC1. The summed E-state index contributed by atoms with van der Waals surface area (Å²) in [7, 11) is 0. The Bertz CT molecular complexity index is 842. The minimum absolute atomic E-state index is 0.0959. The molecule has 0 aliphatic heterocycles. The number of aryl methyl sites for hydroxylation is 1. The molecule has 35 heavy (non-hydrogen) atoms. The van der Waals surface area contributed by atoms with E-state index in [1.54, 1.807) is 6.92 Å². The van der Waals surface area contributed by atoms with E-state index < -0.39 is 29.4 Å². The molecular formula is C30H42F4O. The Morgan fingerprint density at radius 2 is 1.26 bits per heavy atom. The summed E-state index contributed by atoms with van der Waals surface area (Å²) in [5, 5.41) is 0. The van der Waals surface area contributed by atoms with E-state index in [9.17, 15) is 17.6 Å². The Hall–Kier alpha value is -1.36. The van der Waals surface area contributed by atoms with E-state index in [4.69, 9.17) is 4.74 Å². The van der Waals surface area contributed by atoms with E-state index in [0.717, 1.165) is 36.7 Å². The van der Waals surface area contributed by atoms with Crippen molar-refractivity contribution < 1.29 is 22.3 Å². The molecule has 0 unspecified atom stereocenters. The number of benzene rings is 1. The lowest BCUT2D eigenvalue weighted by Gasteiger charge is -2.41. The lowest BCUT2D eigenvalue weighted by atomic mass is 9.65. The number of alkyl halides is 2. The van der Waals surface area contributed by atoms with Crippen molar-refractivity contribution in [3.05, 3.63) is 47.0 Å². The molecule has 0 radical (unpaired) electrons. The van der Waals surface area contributed by atoms with Crippen LogP contribution in [0, 0.1) is 41.2 Å². The molecule has 0 bridgehead atoms. The van der Waals surface area contributed by atoms with Crippen molar-refractivity contribution in [1.29, 1.82) is 0 Å². The first kappa shape index (κ1) is 26.7. The monoisotopic (exact) mass is 494 g/mol. The van der Waals surface area contributed by atoms with Crippen molar-refractivity contribution >= 4 is 0 Å². The first-order chi connectivity index (χ1) is 16.8. The van der Waals surface area contributed by atoms with E-state index in [-0.39, 0.29) is 12.0 Å². The van der Waals surface area contributed by atoms with Gasteiger partial charge in [0.15, 0.2) is 11.6 Å². The predicted molar refractivity (Wildman–Crippen MR) is 132 cm³/mol. The maximum atomic E-state index is 14.7. The van der Waals surface area contributed by atoms with Crippen LogP contribution in [0.2, 0.25) is 0 Å². The highest BCUT2D eigenvalue weighted by atomic mass is 19.3. The smallest absolute Gasteiger partial charge is 0.313 e. The summed E-state index contributed by atoms with van der Waals surface area (Å²) in [6.45, 7) is 3.78. The molecule has 1 nitrogen and oxygen atoms in total. The molecule has 5 heteroatoms. The van der Waals surface area contributed by atoms with Gasteiger partial charge in [0.1, 0.15) is 0 Å². The molecule has 3 aliphatic rings. The van der Waals surface area contributed by atoms with Crippen LogP contribution in [0.25, 0.3) is 0 Å². The van der Waals surface area contributed by atoms with Gasteiger partial charge in [-0.15, -0.1) is 0 Å². The summed E-state index contributed by atoms with van der Waals surface area (Å²) in [6, 6.07) is 2.19. The summed E-state index contributed by atoms with van der Waals surface area (Å²) >= 11 is 0. The molecule has 4 rings (SSSR count). The number of hydrogen-bond acceptors (Lipinski definition) is 1. The highest BCUT2D eigenvalue weighted by Crippen LogP contribution is 2.46. The fraction of sp³-hybridized carbons (Fsp3) is 0.733. The summed E-state index contributed by atoms with van der Waals surface area (Å²) in [4.78, 5) is 0. The van der Waals surface area contributed by atoms with Crippen molar-refractivity contribution in [1.82, 2.24) is 0 Å². The van der Waals surface area contributed by atoms with Gasteiger partial charge in [-0.2, -0.15) is 8.78 Å². The van der Waals surface area contributed by atoms with Gasteiger partial charge >= 0.3 is 6.11 Å². The molecule has 0 N–H and O–H groups in total. The van der Waals surface area contributed by atoms with Crippen LogP contribution >= 0.6 is 0 Å². The average Bonchev–Trinajstić information content (AvgIpc) is 2.86. The van der Waals surface area contributed by atoms with Crippen molar-refractivity contribution in [3.63, 3.8) is 0 Å². The largest absolute Gasteiger partial charge is 0.386 e. The number of hydrogen-bond donors (Lipinski definition) is 0. The van der Waals surface area contributed by atoms with E-state index in [2.05, 4.69) is 19.1 Å². The Balaban J connectivity index is 1.23. The van der Waals surface area contributed by atoms with E-state index in [0.29, 0.717) is 24.7 Å².